The Morgan fingerprint density at radius 1 is 1.33 bits per heavy atom. The number of aromatic nitrogens is 3. The van der Waals surface area contributed by atoms with Crippen molar-refractivity contribution in [2.24, 2.45) is 0 Å². The number of phenols is 1. The standard InChI is InChI=1S/C15H14N4O2/c20-11-1-2-12-10(8-19-13(12)7-11)3-4-18-15(21)14-9-16-5-6-17-14/h1-2,5-9,19-20H,3-4H2,(H,18,21). The van der Waals surface area contributed by atoms with E-state index in [4.69, 9.17) is 0 Å². The molecular weight excluding hydrogens is 268 g/mol. The quantitative estimate of drug-likeness (QED) is 0.678. The van der Waals surface area contributed by atoms with E-state index in [9.17, 15) is 9.90 Å². The SMILES string of the molecule is O=C(NCCc1c[nH]c2cc(O)ccc12)c1cnccn1. The van der Waals surface area contributed by atoms with Gasteiger partial charge in [-0.1, -0.05) is 0 Å². The third-order valence-electron chi connectivity index (χ3n) is 3.23. The van der Waals surface area contributed by atoms with Crippen molar-refractivity contribution in [3.63, 3.8) is 0 Å². The van der Waals surface area contributed by atoms with Gasteiger partial charge in [0.25, 0.3) is 5.91 Å². The van der Waals surface area contributed by atoms with E-state index in [0.717, 1.165) is 16.5 Å². The summed E-state index contributed by atoms with van der Waals surface area (Å²) in [5.74, 6) is -0.00700. The number of aromatic hydroxyl groups is 1. The molecule has 6 nitrogen and oxygen atoms in total. The van der Waals surface area contributed by atoms with E-state index in [2.05, 4.69) is 20.3 Å². The average Bonchev–Trinajstić information content (AvgIpc) is 2.90. The van der Waals surface area contributed by atoms with Crippen LogP contribution in [0.2, 0.25) is 0 Å². The highest BCUT2D eigenvalue weighted by Gasteiger charge is 2.08. The maximum atomic E-state index is 11.8. The van der Waals surface area contributed by atoms with Crippen LogP contribution in [0.5, 0.6) is 5.75 Å². The number of carbonyl (C=O) groups excluding carboxylic acids is 1. The van der Waals surface area contributed by atoms with Crippen molar-refractivity contribution in [3.05, 3.63) is 54.2 Å². The van der Waals surface area contributed by atoms with Crippen molar-refractivity contribution in [1.82, 2.24) is 20.3 Å². The zero-order chi connectivity index (χ0) is 14.7. The van der Waals surface area contributed by atoms with Crippen LogP contribution in [0.15, 0.2) is 43.0 Å². The van der Waals surface area contributed by atoms with Crippen LogP contribution in [-0.4, -0.2) is 32.5 Å². The number of nitrogens with one attached hydrogen (secondary N) is 2. The summed E-state index contributed by atoms with van der Waals surface area (Å²) >= 11 is 0. The molecule has 1 aromatic carbocycles. The first-order valence-electron chi connectivity index (χ1n) is 6.57. The molecule has 0 saturated carbocycles. The second-order valence-corrected chi connectivity index (χ2v) is 4.64. The van der Waals surface area contributed by atoms with Gasteiger partial charge >= 0.3 is 0 Å². The van der Waals surface area contributed by atoms with Gasteiger partial charge in [-0.25, -0.2) is 4.98 Å². The average molecular weight is 282 g/mol. The van der Waals surface area contributed by atoms with Crippen LogP contribution >= 0.6 is 0 Å². The Hall–Kier alpha value is -2.89. The van der Waals surface area contributed by atoms with E-state index in [0.29, 0.717) is 18.7 Å². The molecule has 0 aliphatic rings. The van der Waals surface area contributed by atoms with Crippen LogP contribution in [0, 0.1) is 0 Å². The largest absolute Gasteiger partial charge is 0.508 e. The summed E-state index contributed by atoms with van der Waals surface area (Å²) in [6, 6.07) is 5.19. The van der Waals surface area contributed by atoms with Gasteiger partial charge in [0.2, 0.25) is 0 Å². The highest BCUT2D eigenvalue weighted by molar-refractivity contribution is 5.92. The lowest BCUT2D eigenvalue weighted by Gasteiger charge is -2.03. The molecule has 0 aliphatic heterocycles. The molecule has 3 rings (SSSR count). The number of amides is 1. The number of carbonyl (C=O) groups is 1. The molecule has 2 aromatic heterocycles. The van der Waals surface area contributed by atoms with E-state index >= 15 is 0 Å². The van der Waals surface area contributed by atoms with Crippen molar-refractivity contribution in [3.8, 4) is 5.75 Å². The third-order valence-corrected chi connectivity index (χ3v) is 3.23. The second-order valence-electron chi connectivity index (χ2n) is 4.64. The summed E-state index contributed by atoms with van der Waals surface area (Å²) in [5, 5.41) is 13.3. The van der Waals surface area contributed by atoms with Crippen molar-refractivity contribution < 1.29 is 9.90 Å². The molecule has 0 aliphatic carbocycles. The first-order chi connectivity index (χ1) is 10.2. The van der Waals surface area contributed by atoms with Gasteiger partial charge in [-0.2, -0.15) is 0 Å². The highest BCUT2D eigenvalue weighted by Crippen LogP contribution is 2.22. The summed E-state index contributed by atoms with van der Waals surface area (Å²) in [4.78, 5) is 22.7. The molecular formula is C15H14N4O2. The first kappa shape index (κ1) is 13.1. The molecule has 0 fully saturated rings. The predicted octanol–water partition coefficient (Wildman–Crippen LogP) is 1.64. The van der Waals surface area contributed by atoms with Crippen LogP contribution in [0.1, 0.15) is 16.1 Å². The molecule has 1 amide bonds. The summed E-state index contributed by atoms with van der Waals surface area (Å²) in [7, 11) is 0. The Labute approximate surface area is 120 Å². The minimum absolute atomic E-state index is 0.229. The van der Waals surface area contributed by atoms with Crippen molar-refractivity contribution in [2.45, 2.75) is 6.42 Å². The minimum atomic E-state index is -0.236. The Kier molecular flexibility index (Phi) is 3.51. The molecule has 106 valence electrons. The number of phenolic OH excluding ortho intramolecular Hbond substituents is 1. The Morgan fingerprint density at radius 3 is 3.05 bits per heavy atom. The molecule has 21 heavy (non-hydrogen) atoms. The number of hydrogen-bond donors (Lipinski definition) is 3. The zero-order valence-corrected chi connectivity index (χ0v) is 11.2. The molecule has 0 unspecified atom stereocenters. The van der Waals surface area contributed by atoms with Crippen LogP contribution in [-0.2, 0) is 6.42 Å². The lowest BCUT2D eigenvalue weighted by atomic mass is 10.1. The lowest BCUT2D eigenvalue weighted by Crippen LogP contribution is -2.26. The number of nitrogens with zero attached hydrogens (tertiary/aromatic N) is 2. The Balaban J connectivity index is 1.63. The van der Waals surface area contributed by atoms with E-state index in [-0.39, 0.29) is 11.7 Å². The fourth-order valence-electron chi connectivity index (χ4n) is 2.20. The van der Waals surface area contributed by atoms with Gasteiger partial charge < -0.3 is 15.4 Å². The molecule has 3 N–H and O–H groups in total. The third kappa shape index (κ3) is 2.84. The molecule has 0 radical (unpaired) electrons. The monoisotopic (exact) mass is 282 g/mol. The fourth-order valence-corrected chi connectivity index (χ4v) is 2.20. The van der Waals surface area contributed by atoms with Gasteiger partial charge in [0.1, 0.15) is 11.4 Å². The normalized spacial score (nSPS) is 10.7. The minimum Gasteiger partial charge on any atom is -0.508 e. The predicted molar refractivity (Wildman–Crippen MR) is 78.0 cm³/mol. The van der Waals surface area contributed by atoms with Gasteiger partial charge in [0, 0.05) is 42.1 Å². The van der Waals surface area contributed by atoms with Crippen LogP contribution in [0.3, 0.4) is 0 Å². The number of benzene rings is 1. The van der Waals surface area contributed by atoms with Crippen molar-refractivity contribution >= 4 is 16.8 Å². The van der Waals surface area contributed by atoms with Gasteiger partial charge in [0.15, 0.2) is 0 Å². The van der Waals surface area contributed by atoms with Gasteiger partial charge in [0.05, 0.1) is 6.20 Å². The summed E-state index contributed by atoms with van der Waals surface area (Å²) in [6.45, 7) is 0.503. The molecule has 2 heterocycles. The Bertz CT molecular complexity index is 768. The van der Waals surface area contributed by atoms with Crippen LogP contribution < -0.4 is 5.32 Å². The van der Waals surface area contributed by atoms with Gasteiger partial charge in [-0.15, -0.1) is 0 Å². The topological polar surface area (TPSA) is 90.9 Å². The number of rotatable bonds is 4. The molecule has 3 aromatic rings. The van der Waals surface area contributed by atoms with E-state index in [1.807, 2.05) is 12.3 Å². The molecule has 0 bridgehead atoms. The Morgan fingerprint density at radius 2 is 2.24 bits per heavy atom. The van der Waals surface area contributed by atoms with E-state index in [1.54, 1.807) is 12.1 Å². The maximum absolute atomic E-state index is 11.8. The zero-order valence-electron chi connectivity index (χ0n) is 11.2. The van der Waals surface area contributed by atoms with E-state index in [1.165, 1.54) is 18.6 Å². The first-order valence-corrected chi connectivity index (χ1v) is 6.57. The summed E-state index contributed by atoms with van der Waals surface area (Å²) in [5.41, 5.74) is 2.27. The molecule has 0 saturated heterocycles. The molecule has 0 spiro atoms. The number of H-pyrrole nitrogens is 1. The highest BCUT2D eigenvalue weighted by atomic mass is 16.3. The number of hydrogen-bond acceptors (Lipinski definition) is 4. The summed E-state index contributed by atoms with van der Waals surface area (Å²) in [6.07, 6.45) is 7.03. The molecule has 0 atom stereocenters. The van der Waals surface area contributed by atoms with Crippen LogP contribution in [0.4, 0.5) is 0 Å². The fraction of sp³-hybridized carbons (Fsp3) is 0.133. The van der Waals surface area contributed by atoms with Gasteiger partial charge in [-0.3, -0.25) is 9.78 Å². The van der Waals surface area contributed by atoms with Crippen LogP contribution in [0.25, 0.3) is 10.9 Å². The lowest BCUT2D eigenvalue weighted by molar-refractivity contribution is 0.0949. The van der Waals surface area contributed by atoms with Crippen molar-refractivity contribution in [2.75, 3.05) is 6.54 Å². The maximum Gasteiger partial charge on any atom is 0.271 e. The number of fused-ring (bicyclic) bond motifs is 1. The van der Waals surface area contributed by atoms with Crippen molar-refractivity contribution in [1.29, 1.82) is 0 Å². The summed E-state index contributed by atoms with van der Waals surface area (Å²) < 4.78 is 0. The van der Waals surface area contributed by atoms with E-state index < -0.39 is 0 Å². The second kappa shape index (κ2) is 5.62. The van der Waals surface area contributed by atoms with Gasteiger partial charge in [-0.05, 0) is 24.1 Å². The molecule has 6 heteroatoms. The number of aromatic amines is 1. The smallest absolute Gasteiger partial charge is 0.271 e.